The molecule has 6 heteroatoms. The zero-order valence-corrected chi connectivity index (χ0v) is 16.7. The fraction of sp³-hybridized carbons (Fsp3) is 0.286. The molecule has 138 valence electrons. The lowest BCUT2D eigenvalue weighted by molar-refractivity contribution is -0.617. The largest absolute Gasteiger partial charge is 0.377 e. The first-order chi connectivity index (χ1) is 13.0. The molecule has 2 aromatic heterocycles. The van der Waals surface area contributed by atoms with E-state index in [2.05, 4.69) is 87.4 Å². The summed E-state index contributed by atoms with van der Waals surface area (Å²) in [4.78, 5) is 2.11. The first-order valence-electron chi connectivity index (χ1n) is 9.11. The van der Waals surface area contributed by atoms with E-state index in [0.29, 0.717) is 11.6 Å². The molecule has 4 rings (SSSR count). The average molecular weight is 361 g/mol. The van der Waals surface area contributed by atoms with Gasteiger partial charge in [0.2, 0.25) is 16.9 Å². The molecule has 0 fully saturated rings. The minimum Gasteiger partial charge on any atom is -0.377 e. The summed E-state index contributed by atoms with van der Waals surface area (Å²) in [7, 11) is 6.19. The van der Waals surface area contributed by atoms with Gasteiger partial charge in [0.1, 0.15) is 7.05 Å². The summed E-state index contributed by atoms with van der Waals surface area (Å²) in [5.41, 5.74) is 4.38. The Kier molecular flexibility index (Phi) is 5.26. The number of aryl methyl sites for hydroxylation is 2. The highest BCUT2D eigenvalue weighted by Crippen LogP contribution is 2.24. The van der Waals surface area contributed by atoms with Crippen LogP contribution in [0.5, 0.6) is 0 Å². The van der Waals surface area contributed by atoms with Gasteiger partial charge in [-0.3, -0.25) is 0 Å². The van der Waals surface area contributed by atoms with Gasteiger partial charge in [0.15, 0.2) is 5.82 Å². The topological polar surface area (TPSA) is 58.7 Å². The highest BCUT2D eigenvalue weighted by atomic mass is 15.3. The number of nitrogens with zero attached hydrogens (tertiary/aromatic N) is 6. The average Bonchev–Trinajstić information content (AvgIpc) is 2.70. The zero-order chi connectivity index (χ0) is 19.6. The van der Waals surface area contributed by atoms with E-state index in [1.54, 1.807) is 6.92 Å². The molecule has 0 unspecified atom stereocenters. The number of fused-ring (bicyclic) bond motifs is 2. The monoisotopic (exact) mass is 361 g/mol. The van der Waals surface area contributed by atoms with Gasteiger partial charge in [0.05, 0.1) is 0 Å². The van der Waals surface area contributed by atoms with E-state index in [0.717, 1.165) is 11.1 Å². The quantitative estimate of drug-likeness (QED) is 0.404. The Morgan fingerprint density at radius 1 is 0.778 bits per heavy atom. The summed E-state index contributed by atoms with van der Waals surface area (Å²) in [5.74, 6) is 1.10. The van der Waals surface area contributed by atoms with Crippen LogP contribution in [0.4, 0.5) is 5.69 Å². The van der Waals surface area contributed by atoms with Crippen LogP contribution in [0.15, 0.2) is 42.5 Å². The van der Waals surface area contributed by atoms with Crippen molar-refractivity contribution >= 4 is 27.5 Å². The van der Waals surface area contributed by atoms with Gasteiger partial charge in [0, 0.05) is 48.3 Å². The summed E-state index contributed by atoms with van der Waals surface area (Å²) in [6.07, 6.45) is 0. The number of hydrogen-bond donors (Lipinski definition) is 0. The second kappa shape index (κ2) is 7.61. The number of pyridine rings is 1. The van der Waals surface area contributed by atoms with Crippen molar-refractivity contribution in [3.05, 3.63) is 48.3 Å². The molecule has 0 aliphatic heterocycles. The molecule has 6 nitrogen and oxygen atoms in total. The Morgan fingerprint density at radius 3 is 2.00 bits per heavy atom. The third kappa shape index (κ3) is 3.56. The first-order valence-corrected chi connectivity index (χ1v) is 9.11. The Morgan fingerprint density at radius 2 is 1.37 bits per heavy atom. The molecule has 0 atom stereocenters. The van der Waals surface area contributed by atoms with Gasteiger partial charge in [-0.1, -0.05) is 13.8 Å². The van der Waals surface area contributed by atoms with Crippen molar-refractivity contribution in [2.24, 2.45) is 7.05 Å². The predicted molar refractivity (Wildman–Crippen MR) is 110 cm³/mol. The highest BCUT2D eigenvalue weighted by Gasteiger charge is 2.15. The molecule has 0 radical (unpaired) electrons. The van der Waals surface area contributed by atoms with Crippen molar-refractivity contribution in [3.63, 3.8) is 0 Å². The number of rotatable bonds is 2. The van der Waals surface area contributed by atoms with Gasteiger partial charge in [-0.15, -0.1) is 20.4 Å². The predicted octanol–water partition coefficient (Wildman–Crippen LogP) is 3.47. The van der Waals surface area contributed by atoms with Crippen LogP contribution in [-0.2, 0) is 7.05 Å². The molecule has 0 bridgehead atoms. The summed E-state index contributed by atoms with van der Waals surface area (Å²) in [5, 5.41) is 18.7. The van der Waals surface area contributed by atoms with Crippen LogP contribution in [0.25, 0.3) is 33.2 Å². The van der Waals surface area contributed by atoms with Crippen molar-refractivity contribution in [3.8, 4) is 11.4 Å². The van der Waals surface area contributed by atoms with Crippen molar-refractivity contribution in [2.45, 2.75) is 20.8 Å². The lowest BCUT2D eigenvalue weighted by atomic mass is 10.1. The van der Waals surface area contributed by atoms with E-state index in [1.807, 2.05) is 19.9 Å². The molecular formula is C21H25N6+. The fourth-order valence-corrected chi connectivity index (χ4v) is 3.01. The molecule has 0 aliphatic carbocycles. The SMILES string of the molecule is CC.Cc1nnc(-c2ccc3cc4ccc(N(C)C)cc4[n+](C)c3c2)nn1. The van der Waals surface area contributed by atoms with Crippen LogP contribution in [0.1, 0.15) is 19.7 Å². The van der Waals surface area contributed by atoms with Gasteiger partial charge in [-0.05, 0) is 37.3 Å². The van der Waals surface area contributed by atoms with Crippen molar-refractivity contribution < 1.29 is 4.57 Å². The second-order valence-corrected chi connectivity index (χ2v) is 6.39. The smallest absolute Gasteiger partial charge is 0.214 e. The minimum atomic E-state index is 0.537. The van der Waals surface area contributed by atoms with Gasteiger partial charge >= 0.3 is 0 Å². The maximum absolute atomic E-state index is 4.15. The Bertz CT molecular complexity index is 1090. The molecule has 0 saturated carbocycles. The molecule has 0 spiro atoms. The highest BCUT2D eigenvalue weighted by molar-refractivity contribution is 5.91. The van der Waals surface area contributed by atoms with Gasteiger partial charge < -0.3 is 4.90 Å². The van der Waals surface area contributed by atoms with Gasteiger partial charge in [-0.2, -0.15) is 4.57 Å². The third-order valence-electron chi connectivity index (χ3n) is 4.43. The molecule has 0 N–H and O–H groups in total. The second-order valence-electron chi connectivity index (χ2n) is 6.39. The first kappa shape index (κ1) is 18.6. The molecule has 0 saturated heterocycles. The van der Waals surface area contributed by atoms with E-state index >= 15 is 0 Å². The Labute approximate surface area is 159 Å². The Hall–Kier alpha value is -3.15. The minimum absolute atomic E-state index is 0.537. The number of hydrogen-bond acceptors (Lipinski definition) is 5. The lowest BCUT2D eigenvalue weighted by Gasteiger charge is -2.12. The van der Waals surface area contributed by atoms with E-state index in [9.17, 15) is 0 Å². The van der Waals surface area contributed by atoms with E-state index in [1.165, 1.54) is 22.0 Å². The van der Waals surface area contributed by atoms with Crippen LogP contribution in [-0.4, -0.2) is 34.5 Å². The molecule has 2 heterocycles. The maximum Gasteiger partial charge on any atom is 0.214 e. The van der Waals surface area contributed by atoms with Crippen LogP contribution in [0, 0.1) is 6.92 Å². The Balaban J connectivity index is 0.00000102. The normalized spacial score (nSPS) is 10.6. The van der Waals surface area contributed by atoms with Crippen molar-refractivity contribution in [1.82, 2.24) is 20.4 Å². The number of aromatic nitrogens is 5. The van der Waals surface area contributed by atoms with E-state index < -0.39 is 0 Å². The van der Waals surface area contributed by atoms with Crippen LogP contribution in [0.2, 0.25) is 0 Å². The maximum atomic E-state index is 4.15. The molecule has 2 aromatic carbocycles. The standard InChI is InChI=1S/C19H19N6.C2H6/c1-12-20-22-19(23-21-12)15-6-5-13-9-14-7-8-16(24(2)3)11-18(14)25(4)17(13)10-15;1-2/h5-11H,1-4H3;1-2H3/q+1;. The van der Waals surface area contributed by atoms with Gasteiger partial charge in [-0.25, -0.2) is 0 Å². The molecule has 27 heavy (non-hydrogen) atoms. The molecule has 0 aliphatic rings. The summed E-state index contributed by atoms with van der Waals surface area (Å²) in [6, 6.07) is 14.9. The lowest BCUT2D eigenvalue weighted by Crippen LogP contribution is -2.30. The molecular weight excluding hydrogens is 336 g/mol. The number of benzene rings is 2. The van der Waals surface area contributed by atoms with E-state index in [-0.39, 0.29) is 0 Å². The molecule has 4 aromatic rings. The van der Waals surface area contributed by atoms with Crippen molar-refractivity contribution in [2.75, 3.05) is 19.0 Å². The van der Waals surface area contributed by atoms with Crippen LogP contribution >= 0.6 is 0 Å². The zero-order valence-electron chi connectivity index (χ0n) is 16.7. The fourth-order valence-electron chi connectivity index (χ4n) is 3.01. The summed E-state index contributed by atoms with van der Waals surface area (Å²) < 4.78 is 2.20. The van der Waals surface area contributed by atoms with Crippen molar-refractivity contribution in [1.29, 1.82) is 0 Å². The van der Waals surface area contributed by atoms with E-state index in [4.69, 9.17) is 0 Å². The van der Waals surface area contributed by atoms with Crippen LogP contribution in [0.3, 0.4) is 0 Å². The third-order valence-corrected chi connectivity index (χ3v) is 4.43. The summed E-state index contributed by atoms with van der Waals surface area (Å²) >= 11 is 0. The molecule has 0 amide bonds. The number of anilines is 1. The van der Waals surface area contributed by atoms with Gasteiger partial charge in [0.25, 0.3) is 0 Å². The van der Waals surface area contributed by atoms with Crippen LogP contribution < -0.4 is 9.47 Å². The summed E-state index contributed by atoms with van der Waals surface area (Å²) in [6.45, 7) is 5.78.